The predicted octanol–water partition coefficient (Wildman–Crippen LogP) is 6.33. The van der Waals surface area contributed by atoms with E-state index in [0.29, 0.717) is 4.90 Å². The number of thiocarbonyl (C=S) groups is 1. The molecule has 2 rings (SSSR count). The summed E-state index contributed by atoms with van der Waals surface area (Å²) < 4.78 is 25.7. The third kappa shape index (κ3) is 10.1. The van der Waals surface area contributed by atoms with Crippen LogP contribution in [0, 0.1) is 0 Å². The van der Waals surface area contributed by atoms with Crippen LogP contribution in [0.1, 0.15) is 76.7 Å². The molecule has 0 saturated heterocycles. The Balaban J connectivity index is 1.75. The largest absolute Gasteiger partial charge is 0.332 e. The van der Waals surface area contributed by atoms with E-state index in [1.807, 2.05) is 42.5 Å². The van der Waals surface area contributed by atoms with Crippen molar-refractivity contribution in [2.75, 3.05) is 5.32 Å². The SMILES string of the molecule is CCCCCCCCCCCCc1ccccc1S(=O)(=O)NNC(=S)Nc1ccccc1. The zero-order chi connectivity index (χ0) is 23.1. The Hall–Kier alpha value is -1.96. The number of rotatable bonds is 15. The molecule has 0 atom stereocenters. The number of hydrogen-bond acceptors (Lipinski definition) is 3. The highest BCUT2D eigenvalue weighted by Crippen LogP contribution is 2.18. The molecule has 3 N–H and O–H groups in total. The molecular formula is C25H37N3O2S2. The molecule has 0 spiro atoms. The lowest BCUT2D eigenvalue weighted by Crippen LogP contribution is -2.43. The monoisotopic (exact) mass is 475 g/mol. The Morgan fingerprint density at radius 1 is 0.781 bits per heavy atom. The summed E-state index contributed by atoms with van der Waals surface area (Å²) in [5.74, 6) is 0. The highest BCUT2D eigenvalue weighted by Gasteiger charge is 2.18. The minimum absolute atomic E-state index is 0.187. The summed E-state index contributed by atoms with van der Waals surface area (Å²) in [6, 6.07) is 16.5. The topological polar surface area (TPSA) is 70.2 Å². The molecule has 2 aromatic carbocycles. The summed E-state index contributed by atoms with van der Waals surface area (Å²) in [6.45, 7) is 2.24. The van der Waals surface area contributed by atoms with Gasteiger partial charge in [0.1, 0.15) is 0 Å². The number of nitrogens with one attached hydrogen (secondary N) is 3. The third-order valence-corrected chi connectivity index (χ3v) is 6.94. The van der Waals surface area contributed by atoms with Gasteiger partial charge >= 0.3 is 0 Å². The number of unbranched alkanes of at least 4 members (excludes halogenated alkanes) is 9. The van der Waals surface area contributed by atoms with E-state index in [4.69, 9.17) is 12.2 Å². The molecule has 0 aliphatic carbocycles. The van der Waals surface area contributed by atoms with Gasteiger partial charge in [-0.05, 0) is 48.8 Å². The average Bonchev–Trinajstić information content (AvgIpc) is 2.80. The van der Waals surface area contributed by atoms with Crippen LogP contribution in [-0.2, 0) is 16.4 Å². The predicted molar refractivity (Wildman–Crippen MR) is 138 cm³/mol. The van der Waals surface area contributed by atoms with Crippen LogP contribution < -0.4 is 15.6 Å². The van der Waals surface area contributed by atoms with Crippen molar-refractivity contribution >= 4 is 33.0 Å². The second-order valence-electron chi connectivity index (χ2n) is 8.09. The van der Waals surface area contributed by atoms with Crippen molar-refractivity contribution in [3.05, 3.63) is 60.2 Å². The van der Waals surface area contributed by atoms with Gasteiger partial charge in [0.2, 0.25) is 0 Å². The molecule has 0 aliphatic rings. The number of para-hydroxylation sites is 1. The highest BCUT2D eigenvalue weighted by molar-refractivity contribution is 7.89. The second kappa shape index (κ2) is 15.0. The van der Waals surface area contributed by atoms with Crippen molar-refractivity contribution < 1.29 is 8.42 Å². The van der Waals surface area contributed by atoms with Crippen LogP contribution in [0.3, 0.4) is 0 Å². The van der Waals surface area contributed by atoms with Crippen molar-refractivity contribution in [3.8, 4) is 0 Å². The molecule has 176 valence electrons. The van der Waals surface area contributed by atoms with Crippen molar-refractivity contribution in [1.29, 1.82) is 0 Å². The summed E-state index contributed by atoms with van der Waals surface area (Å²) >= 11 is 5.19. The standard InChI is InChI=1S/C25H37N3O2S2/c1-2-3-4-5-6-7-8-9-10-12-17-22-18-15-16-21-24(22)32(29,30)28-27-25(31)26-23-19-13-11-14-20-23/h11,13-16,18-21,28H,2-10,12,17H2,1H3,(H2,26,27,31). The van der Waals surface area contributed by atoms with Gasteiger partial charge in [-0.25, -0.2) is 8.42 Å². The number of hydrogen-bond donors (Lipinski definition) is 3. The fraction of sp³-hybridized carbons (Fsp3) is 0.480. The summed E-state index contributed by atoms with van der Waals surface area (Å²) in [5.41, 5.74) is 4.21. The molecule has 0 fully saturated rings. The summed E-state index contributed by atoms with van der Waals surface area (Å²) in [6.07, 6.45) is 13.3. The first-order chi connectivity index (χ1) is 15.5. The summed E-state index contributed by atoms with van der Waals surface area (Å²) in [4.78, 5) is 2.69. The van der Waals surface area contributed by atoms with E-state index in [9.17, 15) is 8.42 Å². The number of aryl methyl sites for hydroxylation is 1. The fourth-order valence-electron chi connectivity index (χ4n) is 3.63. The number of sulfonamides is 1. The van der Waals surface area contributed by atoms with E-state index in [2.05, 4.69) is 22.5 Å². The van der Waals surface area contributed by atoms with E-state index in [0.717, 1.165) is 30.5 Å². The fourth-order valence-corrected chi connectivity index (χ4v) is 4.98. The lowest BCUT2D eigenvalue weighted by Gasteiger charge is -2.14. The minimum Gasteiger partial charge on any atom is -0.332 e. The zero-order valence-electron chi connectivity index (χ0n) is 19.1. The van der Waals surface area contributed by atoms with Gasteiger partial charge in [0, 0.05) is 5.69 Å². The zero-order valence-corrected chi connectivity index (χ0v) is 20.7. The molecule has 7 heteroatoms. The van der Waals surface area contributed by atoms with Crippen LogP contribution in [-0.4, -0.2) is 13.5 Å². The van der Waals surface area contributed by atoms with Crippen LogP contribution in [0.4, 0.5) is 5.69 Å². The van der Waals surface area contributed by atoms with Crippen LogP contribution in [0.25, 0.3) is 0 Å². The van der Waals surface area contributed by atoms with Gasteiger partial charge in [0.25, 0.3) is 10.0 Å². The maximum Gasteiger partial charge on any atom is 0.257 e. The van der Waals surface area contributed by atoms with Crippen LogP contribution in [0.5, 0.6) is 0 Å². The Morgan fingerprint density at radius 2 is 1.34 bits per heavy atom. The molecule has 0 aromatic heterocycles. The molecule has 2 aromatic rings. The molecule has 0 saturated carbocycles. The molecule has 5 nitrogen and oxygen atoms in total. The van der Waals surface area contributed by atoms with Crippen molar-refractivity contribution in [2.24, 2.45) is 0 Å². The van der Waals surface area contributed by atoms with Crippen molar-refractivity contribution in [1.82, 2.24) is 10.3 Å². The quantitative estimate of drug-likeness (QED) is 0.159. The third-order valence-electron chi connectivity index (χ3n) is 5.39. The van der Waals surface area contributed by atoms with E-state index >= 15 is 0 Å². The molecule has 0 aliphatic heterocycles. The average molecular weight is 476 g/mol. The Kier molecular flexibility index (Phi) is 12.3. The van der Waals surface area contributed by atoms with Gasteiger partial charge in [-0.3, -0.25) is 5.43 Å². The molecule has 0 unspecified atom stereocenters. The van der Waals surface area contributed by atoms with E-state index in [1.54, 1.807) is 12.1 Å². The first kappa shape index (κ1) is 26.3. The maximum absolute atomic E-state index is 12.8. The number of hydrazine groups is 1. The van der Waals surface area contributed by atoms with Crippen LogP contribution in [0.2, 0.25) is 0 Å². The van der Waals surface area contributed by atoms with Gasteiger partial charge < -0.3 is 5.32 Å². The van der Waals surface area contributed by atoms with E-state index in [-0.39, 0.29) is 5.11 Å². The molecule has 0 amide bonds. The van der Waals surface area contributed by atoms with Gasteiger partial charge in [0.15, 0.2) is 5.11 Å². The minimum atomic E-state index is -3.73. The molecule has 0 bridgehead atoms. The van der Waals surface area contributed by atoms with Gasteiger partial charge in [-0.15, -0.1) is 4.83 Å². The van der Waals surface area contributed by atoms with Gasteiger partial charge in [0.05, 0.1) is 4.90 Å². The molecule has 0 radical (unpaired) electrons. The first-order valence-corrected chi connectivity index (χ1v) is 13.6. The summed E-state index contributed by atoms with van der Waals surface area (Å²) in [7, 11) is -3.73. The Bertz CT molecular complexity index is 902. The Morgan fingerprint density at radius 3 is 2.00 bits per heavy atom. The lowest BCUT2D eigenvalue weighted by molar-refractivity contribution is 0.554. The van der Waals surface area contributed by atoms with Gasteiger partial charge in [-0.1, -0.05) is 101 Å². The number of anilines is 1. The lowest BCUT2D eigenvalue weighted by atomic mass is 10.0. The van der Waals surface area contributed by atoms with Crippen molar-refractivity contribution in [2.45, 2.75) is 82.4 Å². The first-order valence-electron chi connectivity index (χ1n) is 11.7. The van der Waals surface area contributed by atoms with Crippen LogP contribution >= 0.6 is 12.2 Å². The smallest absolute Gasteiger partial charge is 0.257 e. The van der Waals surface area contributed by atoms with Crippen LogP contribution in [0.15, 0.2) is 59.5 Å². The maximum atomic E-state index is 12.8. The van der Waals surface area contributed by atoms with Crippen molar-refractivity contribution in [3.63, 3.8) is 0 Å². The normalized spacial score (nSPS) is 11.3. The van der Waals surface area contributed by atoms with E-state index < -0.39 is 10.0 Å². The van der Waals surface area contributed by atoms with Gasteiger partial charge in [-0.2, -0.15) is 0 Å². The van der Waals surface area contributed by atoms with E-state index in [1.165, 1.54) is 51.4 Å². The highest BCUT2D eigenvalue weighted by atomic mass is 32.2. The number of benzene rings is 2. The summed E-state index contributed by atoms with van der Waals surface area (Å²) in [5, 5.41) is 3.13. The molecule has 0 heterocycles. The molecular weight excluding hydrogens is 438 g/mol. The Labute approximate surface area is 199 Å². The molecule has 32 heavy (non-hydrogen) atoms. The second-order valence-corrected chi connectivity index (χ2v) is 10.1.